The fourth-order valence-electron chi connectivity index (χ4n) is 3.41. The first-order valence-electron chi connectivity index (χ1n) is 10.9. The van der Waals surface area contributed by atoms with Crippen LogP contribution in [-0.2, 0) is 12.9 Å². The van der Waals surface area contributed by atoms with Crippen LogP contribution in [0.3, 0.4) is 0 Å². The SMILES string of the molecule is [Cl][Co+][Cl].[NH-]C(c1ccccc1)C([NH-])c1ccccc1.[NH-]C(c1ccccc1)C([NH-])c1ccccc1. The summed E-state index contributed by atoms with van der Waals surface area (Å²) < 4.78 is 0. The largest absolute Gasteiger partial charge is 0.672 e. The van der Waals surface area contributed by atoms with Crippen LogP contribution < -0.4 is 0 Å². The summed E-state index contributed by atoms with van der Waals surface area (Å²) in [4.78, 5) is 0. The minimum absolute atomic E-state index is 0.382. The second-order valence-electron chi connectivity index (χ2n) is 7.60. The molecule has 0 saturated carbocycles. The topological polar surface area (TPSA) is 95.2 Å². The molecule has 4 nitrogen and oxygen atoms in total. The minimum Gasteiger partial charge on any atom is -0.672 e. The normalized spacial score (nSPS) is 13.8. The van der Waals surface area contributed by atoms with Gasteiger partial charge in [0.2, 0.25) is 0 Å². The first kappa shape index (κ1) is 29.0. The van der Waals surface area contributed by atoms with Gasteiger partial charge in [-0.15, -0.1) is 24.2 Å². The van der Waals surface area contributed by atoms with Gasteiger partial charge < -0.3 is 22.9 Å². The number of hydrogen-bond acceptors (Lipinski definition) is 0. The quantitative estimate of drug-likeness (QED) is 0.228. The van der Waals surface area contributed by atoms with Crippen molar-refractivity contribution < 1.29 is 12.9 Å². The molecule has 35 heavy (non-hydrogen) atoms. The van der Waals surface area contributed by atoms with Crippen molar-refractivity contribution in [1.29, 1.82) is 0 Å². The van der Waals surface area contributed by atoms with E-state index < -0.39 is 24.2 Å². The summed E-state index contributed by atoms with van der Waals surface area (Å²) in [6.07, 6.45) is 0. The van der Waals surface area contributed by atoms with Crippen molar-refractivity contribution in [3.8, 4) is 0 Å². The molecule has 7 heteroatoms. The van der Waals surface area contributed by atoms with Gasteiger partial charge in [0, 0.05) is 0 Å². The van der Waals surface area contributed by atoms with E-state index in [0.717, 1.165) is 22.3 Å². The Labute approximate surface area is 223 Å². The summed E-state index contributed by atoms with van der Waals surface area (Å²) in [5, 5.41) is 0. The average molecular weight is 550 g/mol. The van der Waals surface area contributed by atoms with Crippen molar-refractivity contribution in [2.24, 2.45) is 0 Å². The van der Waals surface area contributed by atoms with E-state index >= 15 is 0 Å². The maximum absolute atomic E-state index is 8.07. The van der Waals surface area contributed by atoms with Crippen LogP contribution in [0.2, 0.25) is 0 Å². The van der Waals surface area contributed by atoms with E-state index in [1.165, 1.54) is 0 Å². The third-order valence-corrected chi connectivity index (χ3v) is 5.30. The zero-order valence-corrected chi connectivity index (χ0v) is 21.5. The van der Waals surface area contributed by atoms with E-state index in [4.69, 9.17) is 43.2 Å². The van der Waals surface area contributed by atoms with E-state index in [9.17, 15) is 0 Å². The standard InChI is InChI=1S/2C14H14N2.2ClH.Co/c2*15-13(11-7-3-1-4-8-11)14(16)12-9-5-2-6-10-12;;;/h2*1-10,13-16H;2*1H;/q2*-2;;;+3/p-2. The van der Waals surface area contributed by atoms with Gasteiger partial charge in [-0.2, -0.15) is 0 Å². The van der Waals surface area contributed by atoms with Gasteiger partial charge in [-0.25, -0.2) is 0 Å². The Morgan fingerprint density at radius 3 is 0.657 bits per heavy atom. The fourth-order valence-corrected chi connectivity index (χ4v) is 3.41. The van der Waals surface area contributed by atoms with Gasteiger partial charge in [0.15, 0.2) is 0 Å². The van der Waals surface area contributed by atoms with Crippen LogP contribution in [-0.4, -0.2) is 0 Å². The molecule has 0 amide bonds. The number of hydrogen-bond donors (Lipinski definition) is 0. The van der Waals surface area contributed by atoms with Crippen LogP contribution in [0.5, 0.6) is 0 Å². The number of halogens is 2. The number of benzene rings is 4. The summed E-state index contributed by atoms with van der Waals surface area (Å²) in [5.74, 6) is 0. The molecule has 4 aromatic carbocycles. The van der Waals surface area contributed by atoms with E-state index in [0.29, 0.717) is 12.9 Å². The van der Waals surface area contributed by atoms with E-state index in [2.05, 4.69) is 0 Å². The predicted octanol–water partition coefficient (Wildman–Crippen LogP) is 10.5. The Morgan fingerprint density at radius 1 is 0.371 bits per heavy atom. The molecule has 0 aliphatic carbocycles. The first-order valence-corrected chi connectivity index (χ1v) is 13.7. The van der Waals surface area contributed by atoms with Crippen molar-refractivity contribution in [3.63, 3.8) is 0 Å². The zero-order valence-electron chi connectivity index (χ0n) is 18.9. The molecule has 0 heterocycles. The molecule has 0 radical (unpaired) electrons. The van der Waals surface area contributed by atoms with Crippen LogP contribution in [0.4, 0.5) is 0 Å². The summed E-state index contributed by atoms with van der Waals surface area (Å²) in [6, 6.07) is 36.1. The summed E-state index contributed by atoms with van der Waals surface area (Å²) in [7, 11) is 9.47. The Hall–Kier alpha value is -2.19. The van der Waals surface area contributed by atoms with Crippen molar-refractivity contribution >= 4 is 20.3 Å². The van der Waals surface area contributed by atoms with Crippen molar-refractivity contribution in [2.45, 2.75) is 24.2 Å². The van der Waals surface area contributed by atoms with E-state index in [-0.39, 0.29) is 0 Å². The Balaban J connectivity index is 0.000000222. The number of nitrogens with one attached hydrogen (secondary N) is 4. The molecule has 186 valence electrons. The van der Waals surface area contributed by atoms with Gasteiger partial charge in [0.05, 0.1) is 0 Å². The first-order chi connectivity index (χ1) is 17.0. The van der Waals surface area contributed by atoms with Gasteiger partial charge in [-0.05, 0) is 0 Å². The molecule has 0 aliphatic heterocycles. The Morgan fingerprint density at radius 2 is 0.514 bits per heavy atom. The molecule has 0 bridgehead atoms. The monoisotopic (exact) mass is 549 g/mol. The van der Waals surface area contributed by atoms with E-state index in [1.54, 1.807) is 0 Å². The number of rotatable bonds is 6. The Bertz CT molecular complexity index is 883. The molecule has 4 aromatic rings. The van der Waals surface area contributed by atoms with Crippen LogP contribution in [0.1, 0.15) is 46.4 Å². The average Bonchev–Trinajstić information content (AvgIpc) is 2.94. The molecular formula is C28H28Cl2CoN4-3. The minimum atomic E-state index is -0.524. The Kier molecular flexibility index (Phi) is 13.7. The van der Waals surface area contributed by atoms with Crippen LogP contribution in [0.25, 0.3) is 22.9 Å². The molecule has 4 atom stereocenters. The molecule has 0 saturated heterocycles. The van der Waals surface area contributed by atoms with Crippen LogP contribution in [0.15, 0.2) is 121 Å². The maximum Gasteiger partial charge on any atom is -0.0606 e. The van der Waals surface area contributed by atoms with Gasteiger partial charge >= 0.3 is 33.2 Å². The van der Waals surface area contributed by atoms with Crippen molar-refractivity contribution in [1.82, 2.24) is 0 Å². The van der Waals surface area contributed by atoms with Crippen LogP contribution >= 0.6 is 20.3 Å². The maximum atomic E-state index is 8.07. The van der Waals surface area contributed by atoms with E-state index in [1.807, 2.05) is 121 Å². The van der Waals surface area contributed by atoms with Crippen LogP contribution in [0, 0.1) is 0 Å². The van der Waals surface area contributed by atoms with Gasteiger partial charge in [-0.1, -0.05) is 144 Å². The molecular weight excluding hydrogens is 522 g/mol. The second kappa shape index (κ2) is 16.5. The van der Waals surface area contributed by atoms with Gasteiger partial charge in [-0.3, -0.25) is 0 Å². The summed E-state index contributed by atoms with van der Waals surface area (Å²) >= 11 is 0.382. The second-order valence-corrected chi connectivity index (χ2v) is 9.32. The zero-order chi connectivity index (χ0) is 25.5. The summed E-state index contributed by atoms with van der Waals surface area (Å²) in [6.45, 7) is 0. The molecule has 0 aromatic heterocycles. The third-order valence-electron chi connectivity index (χ3n) is 5.30. The third kappa shape index (κ3) is 9.76. The predicted molar refractivity (Wildman–Crippen MR) is 146 cm³/mol. The molecule has 4 N–H and O–H groups in total. The summed E-state index contributed by atoms with van der Waals surface area (Å²) in [5.41, 5.74) is 35.9. The molecule has 4 unspecified atom stereocenters. The fraction of sp³-hybridized carbons (Fsp3) is 0.143. The molecule has 4 rings (SSSR count). The van der Waals surface area contributed by atoms with Crippen molar-refractivity contribution in [2.75, 3.05) is 0 Å². The molecule has 0 fully saturated rings. The smallest absolute Gasteiger partial charge is 0.0606 e. The van der Waals surface area contributed by atoms with Gasteiger partial charge in [0.25, 0.3) is 0 Å². The van der Waals surface area contributed by atoms with Gasteiger partial charge in [0.1, 0.15) is 0 Å². The van der Waals surface area contributed by atoms with Crippen molar-refractivity contribution in [3.05, 3.63) is 167 Å². The molecule has 0 spiro atoms. The molecule has 0 aliphatic rings.